The van der Waals surface area contributed by atoms with Gasteiger partial charge in [-0.3, -0.25) is 9.89 Å². The highest BCUT2D eigenvalue weighted by Crippen LogP contribution is 2.20. The van der Waals surface area contributed by atoms with Crippen LogP contribution < -0.4 is 10.6 Å². The minimum atomic E-state index is -4.15. The van der Waals surface area contributed by atoms with Gasteiger partial charge < -0.3 is 15.4 Å². The van der Waals surface area contributed by atoms with E-state index in [1.54, 1.807) is 7.05 Å². The maximum Gasteiger partial charge on any atom is 0.401 e. The van der Waals surface area contributed by atoms with Gasteiger partial charge in [0.25, 0.3) is 0 Å². The van der Waals surface area contributed by atoms with Gasteiger partial charge in [-0.1, -0.05) is 31.2 Å². The average Bonchev–Trinajstić information content (AvgIpc) is 3.04. The van der Waals surface area contributed by atoms with Crippen molar-refractivity contribution in [2.75, 3.05) is 33.3 Å². The van der Waals surface area contributed by atoms with Crippen molar-refractivity contribution < 1.29 is 17.9 Å². The van der Waals surface area contributed by atoms with Gasteiger partial charge in [0.2, 0.25) is 0 Å². The first-order chi connectivity index (χ1) is 12.9. The molecule has 1 fully saturated rings. The molecule has 0 aliphatic carbocycles. The van der Waals surface area contributed by atoms with E-state index in [9.17, 15) is 13.2 Å². The van der Waals surface area contributed by atoms with E-state index in [4.69, 9.17) is 4.74 Å². The highest BCUT2D eigenvalue weighted by Gasteiger charge is 2.34. The smallest absolute Gasteiger partial charge is 0.377 e. The van der Waals surface area contributed by atoms with Crippen molar-refractivity contribution in [3.8, 4) is 0 Å². The number of aliphatic imine (C=N–C) groups is 1. The van der Waals surface area contributed by atoms with Gasteiger partial charge in [0.1, 0.15) is 0 Å². The molecule has 0 amide bonds. The van der Waals surface area contributed by atoms with Crippen molar-refractivity contribution in [3.63, 3.8) is 0 Å². The summed E-state index contributed by atoms with van der Waals surface area (Å²) in [5.74, 6) is 0.595. The molecule has 1 aliphatic heterocycles. The van der Waals surface area contributed by atoms with Crippen LogP contribution in [0.3, 0.4) is 0 Å². The Morgan fingerprint density at radius 1 is 1.29 bits per heavy atom. The molecule has 28 heavy (non-hydrogen) atoms. The maximum absolute atomic E-state index is 12.5. The van der Waals surface area contributed by atoms with Crippen molar-refractivity contribution in [3.05, 3.63) is 35.4 Å². The number of hydrogen-bond donors (Lipinski definition) is 2. The number of guanidine groups is 1. The van der Waals surface area contributed by atoms with Crippen LogP contribution in [0.2, 0.25) is 0 Å². The molecule has 1 unspecified atom stereocenters. The number of nitrogens with zero attached hydrogens (tertiary/aromatic N) is 2. The minimum Gasteiger partial charge on any atom is -0.377 e. The van der Waals surface area contributed by atoms with Crippen molar-refractivity contribution in [2.24, 2.45) is 4.99 Å². The first kappa shape index (κ1) is 25.0. The number of rotatable bonds is 8. The maximum atomic E-state index is 12.5. The first-order valence-corrected chi connectivity index (χ1v) is 9.32. The Kier molecular flexibility index (Phi) is 11.1. The number of alkyl halides is 3. The summed E-state index contributed by atoms with van der Waals surface area (Å²) in [7, 11) is 1.66. The number of nitrogens with one attached hydrogen (secondary N) is 2. The standard InChI is InChI=1S/C19H29F3N4O.HI/c1-3-10-27-13-16-7-5-4-6-15(16)11-24-18(23-2)25-17-8-9-26(12-17)14-19(20,21)22;/h4-7,17H,3,8-14H2,1-2H3,(H2,23,24,25);1H. The highest BCUT2D eigenvalue weighted by atomic mass is 127. The van der Waals surface area contributed by atoms with E-state index in [0.29, 0.717) is 38.6 Å². The van der Waals surface area contributed by atoms with Crippen LogP contribution in [0.15, 0.2) is 29.3 Å². The molecule has 1 aliphatic rings. The summed E-state index contributed by atoms with van der Waals surface area (Å²) < 4.78 is 43.2. The van der Waals surface area contributed by atoms with Crippen LogP contribution in [0, 0.1) is 0 Å². The SMILES string of the molecule is CCCOCc1ccccc1CNC(=NC)NC1CCN(CC(F)(F)F)C1.I. The molecule has 0 bridgehead atoms. The molecule has 0 spiro atoms. The van der Waals surface area contributed by atoms with Crippen LogP contribution in [-0.2, 0) is 17.9 Å². The second-order valence-electron chi connectivity index (χ2n) is 6.73. The third kappa shape index (κ3) is 8.95. The van der Waals surface area contributed by atoms with Crippen molar-refractivity contribution in [1.29, 1.82) is 0 Å². The summed E-state index contributed by atoms with van der Waals surface area (Å²) in [5.41, 5.74) is 2.23. The van der Waals surface area contributed by atoms with Crippen LogP contribution in [0.5, 0.6) is 0 Å². The van der Waals surface area contributed by atoms with E-state index in [1.807, 2.05) is 24.3 Å². The third-order valence-electron chi connectivity index (χ3n) is 4.41. The molecule has 1 aromatic rings. The predicted octanol–water partition coefficient (Wildman–Crippen LogP) is 3.53. The Hall–Kier alpha value is -1.07. The van der Waals surface area contributed by atoms with Gasteiger partial charge in [0.05, 0.1) is 13.2 Å². The van der Waals surface area contributed by atoms with Gasteiger partial charge >= 0.3 is 6.18 Å². The van der Waals surface area contributed by atoms with Gasteiger partial charge in [-0.15, -0.1) is 24.0 Å². The largest absolute Gasteiger partial charge is 0.401 e. The summed E-state index contributed by atoms with van der Waals surface area (Å²) in [6, 6.07) is 7.99. The fourth-order valence-corrected chi connectivity index (χ4v) is 3.11. The predicted molar refractivity (Wildman–Crippen MR) is 116 cm³/mol. The fourth-order valence-electron chi connectivity index (χ4n) is 3.11. The van der Waals surface area contributed by atoms with Crippen LogP contribution in [-0.4, -0.2) is 56.4 Å². The van der Waals surface area contributed by atoms with Crippen LogP contribution >= 0.6 is 24.0 Å². The Morgan fingerprint density at radius 3 is 2.64 bits per heavy atom. The topological polar surface area (TPSA) is 48.9 Å². The number of hydrogen-bond acceptors (Lipinski definition) is 3. The van der Waals surface area contributed by atoms with Crippen molar-refractivity contribution >= 4 is 29.9 Å². The van der Waals surface area contributed by atoms with Crippen LogP contribution in [0.4, 0.5) is 13.2 Å². The van der Waals surface area contributed by atoms with Crippen LogP contribution in [0.1, 0.15) is 30.9 Å². The molecule has 5 nitrogen and oxygen atoms in total. The second-order valence-corrected chi connectivity index (χ2v) is 6.73. The van der Waals surface area contributed by atoms with E-state index < -0.39 is 12.7 Å². The molecule has 1 saturated heterocycles. The number of likely N-dealkylation sites (tertiary alicyclic amines) is 1. The number of halogens is 4. The minimum absolute atomic E-state index is 0. The molecule has 0 saturated carbocycles. The molecular formula is C19H30F3IN4O. The van der Waals surface area contributed by atoms with E-state index in [1.165, 1.54) is 4.90 Å². The zero-order valence-corrected chi connectivity index (χ0v) is 18.7. The van der Waals surface area contributed by atoms with Gasteiger partial charge in [-0.2, -0.15) is 13.2 Å². The highest BCUT2D eigenvalue weighted by molar-refractivity contribution is 14.0. The molecular weight excluding hydrogens is 484 g/mol. The molecule has 1 aromatic carbocycles. The lowest BCUT2D eigenvalue weighted by atomic mass is 10.1. The van der Waals surface area contributed by atoms with Crippen molar-refractivity contribution in [2.45, 2.75) is 45.1 Å². The lowest BCUT2D eigenvalue weighted by Crippen LogP contribution is -2.45. The lowest BCUT2D eigenvalue weighted by Gasteiger charge is -2.20. The summed E-state index contributed by atoms with van der Waals surface area (Å²) in [4.78, 5) is 5.62. The van der Waals surface area contributed by atoms with E-state index >= 15 is 0 Å². The Bertz CT molecular complexity index is 613. The zero-order chi connectivity index (χ0) is 19.7. The van der Waals surface area contributed by atoms with Crippen LogP contribution in [0.25, 0.3) is 0 Å². The summed E-state index contributed by atoms with van der Waals surface area (Å²) >= 11 is 0. The summed E-state index contributed by atoms with van der Waals surface area (Å²) in [6.07, 6.45) is -2.51. The molecule has 2 rings (SSSR count). The van der Waals surface area contributed by atoms with Gasteiger partial charge in [0, 0.05) is 39.3 Å². The quantitative estimate of drug-likeness (QED) is 0.241. The molecule has 1 heterocycles. The fraction of sp³-hybridized carbons (Fsp3) is 0.632. The van der Waals surface area contributed by atoms with E-state index in [2.05, 4.69) is 22.5 Å². The molecule has 1 atom stereocenters. The molecule has 9 heteroatoms. The average molecular weight is 514 g/mol. The third-order valence-corrected chi connectivity index (χ3v) is 4.41. The van der Waals surface area contributed by atoms with Gasteiger partial charge in [-0.25, -0.2) is 0 Å². The zero-order valence-electron chi connectivity index (χ0n) is 16.4. The molecule has 160 valence electrons. The first-order valence-electron chi connectivity index (χ1n) is 9.32. The summed E-state index contributed by atoms with van der Waals surface area (Å²) in [5, 5.41) is 6.47. The summed E-state index contributed by atoms with van der Waals surface area (Å²) in [6.45, 7) is 3.87. The Labute approximate surface area is 182 Å². The Balaban J connectivity index is 0.00000392. The number of benzene rings is 1. The van der Waals surface area contributed by atoms with Gasteiger partial charge in [0.15, 0.2) is 5.96 Å². The number of ether oxygens (including phenoxy) is 1. The molecule has 2 N–H and O–H groups in total. The monoisotopic (exact) mass is 514 g/mol. The van der Waals surface area contributed by atoms with E-state index in [0.717, 1.165) is 24.2 Å². The van der Waals surface area contributed by atoms with E-state index in [-0.39, 0.29) is 30.0 Å². The Morgan fingerprint density at radius 2 is 2.00 bits per heavy atom. The second kappa shape index (κ2) is 12.5. The normalized spacial score (nSPS) is 18.0. The van der Waals surface area contributed by atoms with Crippen molar-refractivity contribution in [1.82, 2.24) is 15.5 Å². The molecule has 0 radical (unpaired) electrons. The lowest BCUT2D eigenvalue weighted by molar-refractivity contribution is -0.143. The van der Waals surface area contributed by atoms with Gasteiger partial charge in [-0.05, 0) is 24.0 Å². The molecule has 0 aromatic heterocycles.